The number of hydrogen-bond acceptors (Lipinski definition) is 1. The molecule has 0 aromatic carbocycles. The van der Waals surface area contributed by atoms with Gasteiger partial charge in [0.1, 0.15) is 0 Å². The molecule has 1 rings (SSSR count). The molecule has 1 aliphatic carbocycles. The van der Waals surface area contributed by atoms with Crippen molar-refractivity contribution in [1.82, 2.24) is 0 Å². The Morgan fingerprint density at radius 1 is 1.58 bits per heavy atom. The molecule has 3 atom stereocenters. The van der Waals surface area contributed by atoms with E-state index in [1.54, 1.807) is 0 Å². The number of aliphatic carboxylic acids is 1. The van der Waals surface area contributed by atoms with E-state index in [1.165, 1.54) is 0 Å². The molecule has 1 aliphatic rings. The van der Waals surface area contributed by atoms with Crippen LogP contribution < -0.4 is 0 Å². The first-order valence-corrected chi connectivity index (χ1v) is 5.73. The molecule has 1 saturated carbocycles. The number of halogens is 2. The monoisotopic (exact) mass is 298 g/mol. The summed E-state index contributed by atoms with van der Waals surface area (Å²) in [6.07, 6.45) is 2.82. The van der Waals surface area contributed by atoms with Gasteiger partial charge in [-0.3, -0.25) is 4.79 Å². The van der Waals surface area contributed by atoms with Crippen molar-refractivity contribution in [2.45, 2.75) is 35.3 Å². The van der Waals surface area contributed by atoms with Gasteiger partial charge in [-0.25, -0.2) is 0 Å². The smallest absolute Gasteiger partial charge is 0.307 e. The van der Waals surface area contributed by atoms with Crippen LogP contribution in [0.1, 0.15) is 26.2 Å². The third kappa shape index (κ3) is 1.84. The number of carboxylic acid groups (broad SMARTS) is 1. The molecule has 0 bridgehead atoms. The van der Waals surface area contributed by atoms with Gasteiger partial charge in [-0.05, 0) is 19.8 Å². The Labute approximate surface area is 89.0 Å². The molecule has 4 heteroatoms. The normalized spacial score (nSPS) is 42.6. The Balaban J connectivity index is 2.79. The van der Waals surface area contributed by atoms with Crippen LogP contribution in [0.5, 0.6) is 0 Å². The van der Waals surface area contributed by atoms with Crippen molar-refractivity contribution in [3.8, 4) is 0 Å². The van der Waals surface area contributed by atoms with E-state index in [9.17, 15) is 4.79 Å². The van der Waals surface area contributed by atoms with Gasteiger partial charge >= 0.3 is 5.97 Å². The number of carbonyl (C=O) groups is 1. The summed E-state index contributed by atoms with van der Waals surface area (Å²) in [6, 6.07) is 0. The predicted molar refractivity (Wildman–Crippen MR) is 55.0 cm³/mol. The third-order valence-corrected chi connectivity index (χ3v) is 5.67. The van der Waals surface area contributed by atoms with Crippen molar-refractivity contribution in [3.05, 3.63) is 0 Å². The van der Waals surface area contributed by atoms with Crippen LogP contribution in [0.25, 0.3) is 0 Å². The second-order valence-electron chi connectivity index (χ2n) is 3.44. The number of hydrogen-bond donors (Lipinski definition) is 1. The Morgan fingerprint density at radius 2 is 2.17 bits per heavy atom. The number of alkyl halides is 2. The fourth-order valence-corrected chi connectivity index (χ4v) is 2.95. The zero-order valence-electron chi connectivity index (χ0n) is 6.89. The lowest BCUT2D eigenvalue weighted by molar-refractivity contribution is -0.143. The quantitative estimate of drug-likeness (QED) is 0.756. The lowest BCUT2D eigenvalue weighted by Crippen LogP contribution is -2.44. The lowest BCUT2D eigenvalue weighted by Gasteiger charge is -2.38. The van der Waals surface area contributed by atoms with Gasteiger partial charge in [0.15, 0.2) is 0 Å². The second kappa shape index (κ2) is 3.66. The molecule has 1 N–H and O–H groups in total. The molecular weight excluding hydrogens is 288 g/mol. The maximum atomic E-state index is 10.9. The predicted octanol–water partition coefficient (Wildman–Crippen LogP) is 2.79. The summed E-state index contributed by atoms with van der Waals surface area (Å²) in [5.41, 5.74) is 0. The third-order valence-electron chi connectivity index (χ3n) is 2.54. The van der Waals surface area contributed by atoms with E-state index in [4.69, 9.17) is 5.11 Å². The highest BCUT2D eigenvalue weighted by atomic mass is 79.9. The highest BCUT2D eigenvalue weighted by Crippen LogP contribution is 2.44. The van der Waals surface area contributed by atoms with Crippen molar-refractivity contribution in [2.75, 3.05) is 0 Å². The van der Waals surface area contributed by atoms with E-state index in [-0.39, 0.29) is 15.1 Å². The SMILES string of the molecule is CC1(Br)C(Br)CCCC1C(=O)O. The van der Waals surface area contributed by atoms with Crippen molar-refractivity contribution in [1.29, 1.82) is 0 Å². The highest BCUT2D eigenvalue weighted by molar-refractivity contribution is 9.12. The van der Waals surface area contributed by atoms with Crippen LogP contribution >= 0.6 is 31.9 Å². The Bertz CT molecular complexity index is 191. The van der Waals surface area contributed by atoms with Gasteiger partial charge in [0.2, 0.25) is 0 Å². The van der Waals surface area contributed by atoms with E-state index in [0.29, 0.717) is 0 Å². The van der Waals surface area contributed by atoms with E-state index < -0.39 is 5.97 Å². The summed E-state index contributed by atoms with van der Waals surface area (Å²) in [5.74, 6) is -0.964. The van der Waals surface area contributed by atoms with Gasteiger partial charge in [-0.15, -0.1) is 0 Å². The van der Waals surface area contributed by atoms with Crippen molar-refractivity contribution in [3.63, 3.8) is 0 Å². The first-order valence-electron chi connectivity index (χ1n) is 4.02. The molecule has 0 aliphatic heterocycles. The van der Waals surface area contributed by atoms with Crippen LogP contribution in [-0.4, -0.2) is 20.2 Å². The molecule has 0 spiro atoms. The molecule has 70 valence electrons. The van der Waals surface area contributed by atoms with Crippen LogP contribution in [0.4, 0.5) is 0 Å². The van der Waals surface area contributed by atoms with Crippen LogP contribution in [0, 0.1) is 5.92 Å². The van der Waals surface area contributed by atoms with Crippen LogP contribution in [-0.2, 0) is 4.79 Å². The molecule has 1 fully saturated rings. The molecule has 12 heavy (non-hydrogen) atoms. The molecular formula is C8H12Br2O2. The average Bonchev–Trinajstić information content (AvgIpc) is 1.94. The van der Waals surface area contributed by atoms with Gasteiger partial charge in [-0.2, -0.15) is 0 Å². The minimum atomic E-state index is -0.696. The standard InChI is InChI=1S/C8H12Br2O2/c1-8(10)5(7(11)12)3-2-4-6(8)9/h5-6H,2-4H2,1H3,(H,11,12). The fraction of sp³-hybridized carbons (Fsp3) is 0.875. The summed E-state index contributed by atoms with van der Waals surface area (Å²) in [4.78, 5) is 11.1. The van der Waals surface area contributed by atoms with Gasteiger partial charge in [0, 0.05) is 9.15 Å². The number of carboxylic acids is 1. The van der Waals surface area contributed by atoms with E-state index >= 15 is 0 Å². The summed E-state index contributed by atoms with van der Waals surface area (Å²) in [7, 11) is 0. The Hall–Kier alpha value is 0.430. The molecule has 0 aromatic heterocycles. The summed E-state index contributed by atoms with van der Waals surface area (Å²) < 4.78 is -0.295. The first kappa shape index (κ1) is 10.5. The molecule has 0 heterocycles. The zero-order valence-corrected chi connectivity index (χ0v) is 10.1. The molecule has 2 nitrogen and oxygen atoms in total. The molecule has 3 unspecified atom stereocenters. The largest absolute Gasteiger partial charge is 0.481 e. The van der Waals surface area contributed by atoms with Gasteiger partial charge in [0.25, 0.3) is 0 Å². The zero-order chi connectivity index (χ0) is 9.35. The molecule has 0 radical (unpaired) electrons. The minimum absolute atomic E-state index is 0.264. The molecule has 0 amide bonds. The van der Waals surface area contributed by atoms with E-state index in [1.807, 2.05) is 6.92 Å². The summed E-state index contributed by atoms with van der Waals surface area (Å²) in [5, 5.41) is 8.94. The molecule has 0 saturated heterocycles. The van der Waals surface area contributed by atoms with Gasteiger partial charge in [-0.1, -0.05) is 38.3 Å². The highest BCUT2D eigenvalue weighted by Gasteiger charge is 2.44. The lowest BCUT2D eigenvalue weighted by atomic mass is 9.80. The van der Waals surface area contributed by atoms with Crippen molar-refractivity contribution < 1.29 is 9.90 Å². The first-order chi connectivity index (χ1) is 5.46. The topological polar surface area (TPSA) is 37.3 Å². The van der Waals surface area contributed by atoms with Gasteiger partial charge < -0.3 is 5.11 Å². The summed E-state index contributed by atoms with van der Waals surface area (Å²) in [6.45, 7) is 1.95. The van der Waals surface area contributed by atoms with Crippen LogP contribution in [0.2, 0.25) is 0 Å². The summed E-state index contributed by atoms with van der Waals surface area (Å²) >= 11 is 7.01. The van der Waals surface area contributed by atoms with Crippen LogP contribution in [0.3, 0.4) is 0 Å². The second-order valence-corrected chi connectivity index (χ2v) is 6.25. The van der Waals surface area contributed by atoms with E-state index in [0.717, 1.165) is 19.3 Å². The minimum Gasteiger partial charge on any atom is -0.481 e. The average molecular weight is 300 g/mol. The van der Waals surface area contributed by atoms with Crippen LogP contribution in [0.15, 0.2) is 0 Å². The maximum Gasteiger partial charge on any atom is 0.307 e. The Morgan fingerprint density at radius 3 is 2.58 bits per heavy atom. The number of rotatable bonds is 1. The van der Waals surface area contributed by atoms with Crippen molar-refractivity contribution in [2.24, 2.45) is 5.92 Å². The van der Waals surface area contributed by atoms with E-state index in [2.05, 4.69) is 31.9 Å². The maximum absolute atomic E-state index is 10.9. The fourth-order valence-electron chi connectivity index (χ4n) is 1.65. The Kier molecular flexibility index (Phi) is 3.21. The van der Waals surface area contributed by atoms with Crippen molar-refractivity contribution >= 4 is 37.8 Å². The molecule has 0 aromatic rings. The van der Waals surface area contributed by atoms with Gasteiger partial charge in [0.05, 0.1) is 5.92 Å².